The van der Waals surface area contributed by atoms with Crippen molar-refractivity contribution < 1.29 is 0 Å². The summed E-state index contributed by atoms with van der Waals surface area (Å²) in [6.07, 6.45) is 0. The molecule has 0 nitrogen and oxygen atoms in total. The van der Waals surface area contributed by atoms with Crippen LogP contribution >= 0.6 is 0 Å². The average Bonchev–Trinajstić information content (AvgIpc) is 2.60. The van der Waals surface area contributed by atoms with Crippen molar-refractivity contribution in [3.05, 3.63) is 83.4 Å². The molecule has 0 atom stereocenters. The molecule has 3 aromatic rings. The Hall–Kier alpha value is -2.34. The molecule has 0 aliphatic heterocycles. The van der Waals surface area contributed by atoms with Gasteiger partial charge in [-0.25, -0.2) is 0 Å². The van der Waals surface area contributed by atoms with Crippen LogP contribution in [0.15, 0.2) is 66.7 Å². The fourth-order valence-corrected chi connectivity index (χ4v) is 3.83. The number of hydrogen-bond donors (Lipinski definition) is 0. The molecule has 0 unspecified atom stereocenters. The van der Waals surface area contributed by atoms with Gasteiger partial charge in [0.05, 0.1) is 0 Å². The first kappa shape index (κ1) is 19.4. The smallest absolute Gasteiger partial charge is 0.00968 e. The first-order valence-electron chi connectivity index (χ1n) is 9.89. The van der Waals surface area contributed by atoms with E-state index >= 15 is 0 Å². The van der Waals surface area contributed by atoms with Gasteiger partial charge in [0.1, 0.15) is 0 Å². The summed E-state index contributed by atoms with van der Waals surface area (Å²) in [4.78, 5) is 0. The molecule has 0 radical (unpaired) electrons. The fraction of sp³-hybridized carbons (Fsp3) is 0.333. The predicted molar refractivity (Wildman–Crippen MR) is 119 cm³/mol. The predicted octanol–water partition coefficient (Wildman–Crippen LogP) is 7.92. The molecule has 27 heavy (non-hydrogen) atoms. The zero-order valence-corrected chi connectivity index (χ0v) is 17.9. The molecule has 0 heterocycles. The van der Waals surface area contributed by atoms with Gasteiger partial charge < -0.3 is 0 Å². The monoisotopic (exact) mass is 356 g/mol. The molecule has 3 rings (SSSR count). The highest BCUT2D eigenvalue weighted by Crippen LogP contribution is 2.44. The van der Waals surface area contributed by atoms with Gasteiger partial charge >= 0.3 is 0 Å². The van der Waals surface area contributed by atoms with Crippen molar-refractivity contribution in [2.24, 2.45) is 0 Å². The average molecular weight is 357 g/mol. The van der Waals surface area contributed by atoms with Crippen molar-refractivity contribution >= 4 is 0 Å². The van der Waals surface area contributed by atoms with Crippen molar-refractivity contribution in [2.75, 3.05) is 0 Å². The Bertz CT molecular complexity index is 900. The molecule has 3 aromatic carbocycles. The van der Waals surface area contributed by atoms with Crippen LogP contribution in [0.5, 0.6) is 0 Å². The highest BCUT2D eigenvalue weighted by Gasteiger charge is 2.27. The van der Waals surface area contributed by atoms with Gasteiger partial charge in [-0.1, -0.05) is 114 Å². The second-order valence-corrected chi connectivity index (χ2v) is 9.64. The first-order chi connectivity index (χ1) is 12.6. The largest absolute Gasteiger partial charge is 0.0622 e. The molecule has 140 valence electrons. The zero-order valence-electron chi connectivity index (χ0n) is 17.9. The summed E-state index contributed by atoms with van der Waals surface area (Å²) < 4.78 is 0. The SMILES string of the molecule is Cc1ccc(-c2ccccc2)c(-c2c(C(C)(C)C)cccc2C(C)(C)C)c1. The summed E-state index contributed by atoms with van der Waals surface area (Å²) in [5.74, 6) is 0. The number of aryl methyl sites for hydroxylation is 1. The summed E-state index contributed by atoms with van der Waals surface area (Å²) in [5, 5.41) is 0. The topological polar surface area (TPSA) is 0 Å². The molecule has 0 bridgehead atoms. The Balaban J connectivity index is 2.43. The number of benzene rings is 3. The quantitative estimate of drug-likeness (QED) is 0.437. The van der Waals surface area contributed by atoms with Crippen LogP contribution in [-0.2, 0) is 10.8 Å². The van der Waals surface area contributed by atoms with Gasteiger partial charge in [0.15, 0.2) is 0 Å². The van der Waals surface area contributed by atoms with Crippen LogP contribution in [0.2, 0.25) is 0 Å². The molecule has 0 amide bonds. The third-order valence-corrected chi connectivity index (χ3v) is 5.21. The lowest BCUT2D eigenvalue weighted by atomic mass is 9.73. The van der Waals surface area contributed by atoms with E-state index in [9.17, 15) is 0 Å². The zero-order chi connectivity index (χ0) is 19.8. The van der Waals surface area contributed by atoms with Gasteiger partial charge in [0.2, 0.25) is 0 Å². The van der Waals surface area contributed by atoms with Crippen LogP contribution < -0.4 is 0 Å². The minimum Gasteiger partial charge on any atom is -0.0622 e. The van der Waals surface area contributed by atoms with E-state index in [0.717, 1.165) is 0 Å². The Morgan fingerprint density at radius 3 is 1.63 bits per heavy atom. The standard InChI is InChI=1S/C27H32/c1-19-16-17-21(20-12-9-8-10-13-20)22(18-19)25-23(26(2,3)4)14-11-15-24(25)27(5,6)7/h8-18H,1-7H3. The molecule has 0 aliphatic rings. The van der Waals surface area contributed by atoms with Crippen LogP contribution in [-0.4, -0.2) is 0 Å². The highest BCUT2D eigenvalue weighted by atomic mass is 14.3. The summed E-state index contributed by atoms with van der Waals surface area (Å²) in [5.41, 5.74) is 9.61. The molecule has 0 N–H and O–H groups in total. The van der Waals surface area contributed by atoms with Gasteiger partial charge in [-0.2, -0.15) is 0 Å². The molecule has 0 aromatic heterocycles. The van der Waals surface area contributed by atoms with E-state index in [2.05, 4.69) is 115 Å². The van der Waals surface area contributed by atoms with E-state index in [1.54, 1.807) is 0 Å². The van der Waals surface area contributed by atoms with E-state index in [4.69, 9.17) is 0 Å². The Morgan fingerprint density at radius 2 is 1.11 bits per heavy atom. The molecule has 0 saturated heterocycles. The summed E-state index contributed by atoms with van der Waals surface area (Å²) in [6.45, 7) is 16.1. The molecule has 0 fully saturated rings. The first-order valence-corrected chi connectivity index (χ1v) is 9.89. The third kappa shape index (κ3) is 4.00. The van der Waals surface area contributed by atoms with Gasteiger partial charge in [-0.05, 0) is 51.1 Å². The second-order valence-electron chi connectivity index (χ2n) is 9.64. The van der Waals surface area contributed by atoms with E-state index in [-0.39, 0.29) is 10.8 Å². The van der Waals surface area contributed by atoms with Crippen molar-refractivity contribution in [2.45, 2.75) is 59.3 Å². The van der Waals surface area contributed by atoms with Crippen molar-refractivity contribution in [3.8, 4) is 22.3 Å². The normalized spacial score (nSPS) is 12.3. The maximum atomic E-state index is 2.36. The van der Waals surface area contributed by atoms with E-state index < -0.39 is 0 Å². The highest BCUT2D eigenvalue weighted by molar-refractivity contribution is 5.87. The number of hydrogen-bond acceptors (Lipinski definition) is 0. The van der Waals surface area contributed by atoms with Crippen LogP contribution in [0.1, 0.15) is 58.2 Å². The molecular weight excluding hydrogens is 324 g/mol. The summed E-state index contributed by atoms with van der Waals surface area (Å²) >= 11 is 0. The van der Waals surface area contributed by atoms with Gasteiger partial charge in [-0.3, -0.25) is 0 Å². The van der Waals surface area contributed by atoms with Gasteiger partial charge in [0.25, 0.3) is 0 Å². The summed E-state index contributed by atoms with van der Waals surface area (Å²) in [6, 6.07) is 24.5. The lowest BCUT2D eigenvalue weighted by molar-refractivity contribution is 0.572. The van der Waals surface area contributed by atoms with Crippen LogP contribution in [0.25, 0.3) is 22.3 Å². The third-order valence-electron chi connectivity index (χ3n) is 5.21. The molecule has 0 saturated carbocycles. The van der Waals surface area contributed by atoms with Crippen LogP contribution in [0.3, 0.4) is 0 Å². The molecule has 0 spiro atoms. The van der Waals surface area contributed by atoms with E-state index in [1.807, 2.05) is 0 Å². The number of rotatable bonds is 2. The minimum absolute atomic E-state index is 0.0777. The maximum absolute atomic E-state index is 2.36. The van der Waals surface area contributed by atoms with Crippen LogP contribution in [0.4, 0.5) is 0 Å². The van der Waals surface area contributed by atoms with Crippen molar-refractivity contribution in [1.29, 1.82) is 0 Å². The minimum atomic E-state index is 0.0777. The van der Waals surface area contributed by atoms with Crippen LogP contribution in [0, 0.1) is 6.92 Å². The Morgan fingerprint density at radius 1 is 0.556 bits per heavy atom. The second kappa shape index (κ2) is 7.00. The molecule has 0 aliphatic carbocycles. The summed E-state index contributed by atoms with van der Waals surface area (Å²) in [7, 11) is 0. The van der Waals surface area contributed by atoms with E-state index in [0.29, 0.717) is 0 Å². The van der Waals surface area contributed by atoms with E-state index in [1.165, 1.54) is 38.9 Å². The fourth-order valence-electron chi connectivity index (χ4n) is 3.83. The van der Waals surface area contributed by atoms with Crippen molar-refractivity contribution in [1.82, 2.24) is 0 Å². The Labute approximate surface area is 165 Å². The van der Waals surface area contributed by atoms with Gasteiger partial charge in [-0.15, -0.1) is 0 Å². The van der Waals surface area contributed by atoms with Gasteiger partial charge in [0, 0.05) is 0 Å². The lowest BCUT2D eigenvalue weighted by Gasteiger charge is -2.31. The van der Waals surface area contributed by atoms with Crippen molar-refractivity contribution in [3.63, 3.8) is 0 Å². The maximum Gasteiger partial charge on any atom is -0.00968 e. The molecular formula is C27H32. The molecule has 0 heteroatoms. The Kier molecular flexibility index (Phi) is 5.04. The lowest BCUT2D eigenvalue weighted by Crippen LogP contribution is -2.19.